The molecule has 16 heavy (non-hydrogen) atoms. The lowest BCUT2D eigenvalue weighted by Gasteiger charge is -2.22. The zero-order chi connectivity index (χ0) is 11.6. The van der Waals surface area contributed by atoms with Gasteiger partial charge in [-0.25, -0.2) is 4.79 Å². The van der Waals surface area contributed by atoms with Crippen LogP contribution in [0.4, 0.5) is 0 Å². The molecule has 0 amide bonds. The maximum absolute atomic E-state index is 11.1. The summed E-state index contributed by atoms with van der Waals surface area (Å²) in [6.07, 6.45) is 3.47. The number of ether oxygens (including phenoxy) is 1. The van der Waals surface area contributed by atoms with Gasteiger partial charge in [0.1, 0.15) is 12.3 Å². The third-order valence-electron chi connectivity index (χ3n) is 2.68. The Labute approximate surface area is 91.5 Å². The number of nitrogens with zero attached hydrogens (tertiary/aromatic N) is 2. The number of carboxylic acids is 1. The number of nitriles is 1. The van der Waals surface area contributed by atoms with E-state index in [1.54, 1.807) is 6.07 Å². The van der Waals surface area contributed by atoms with E-state index in [9.17, 15) is 4.79 Å². The van der Waals surface area contributed by atoms with Crippen molar-refractivity contribution < 1.29 is 19.1 Å². The topological polar surface area (TPSA) is 96.3 Å². The van der Waals surface area contributed by atoms with Crippen LogP contribution in [0.2, 0.25) is 0 Å². The van der Waals surface area contributed by atoms with E-state index in [0.29, 0.717) is 12.8 Å². The number of aromatic nitrogens is 1. The fraction of sp³-hybridized carbons (Fsp3) is 0.500. The van der Waals surface area contributed by atoms with Crippen molar-refractivity contribution in [3.8, 4) is 12.1 Å². The van der Waals surface area contributed by atoms with E-state index in [-0.39, 0.29) is 11.8 Å². The fourth-order valence-electron chi connectivity index (χ4n) is 1.83. The highest BCUT2D eigenvalue weighted by molar-refractivity contribution is 5.78. The van der Waals surface area contributed by atoms with Crippen LogP contribution >= 0.6 is 0 Å². The van der Waals surface area contributed by atoms with Gasteiger partial charge in [0.25, 0.3) is 0 Å². The Bertz CT molecular complexity index is 440. The molecule has 1 aliphatic carbocycles. The third kappa shape index (κ3) is 1.72. The van der Waals surface area contributed by atoms with Gasteiger partial charge in [0.05, 0.1) is 0 Å². The number of rotatable bonds is 3. The van der Waals surface area contributed by atoms with Crippen molar-refractivity contribution in [3.63, 3.8) is 0 Å². The highest BCUT2D eigenvalue weighted by Gasteiger charge is 2.45. The van der Waals surface area contributed by atoms with Crippen LogP contribution in [0.1, 0.15) is 31.4 Å². The number of oxazole rings is 1. The Hall–Kier alpha value is -2.03. The molecule has 0 unspecified atom stereocenters. The monoisotopic (exact) mass is 222 g/mol. The summed E-state index contributed by atoms with van der Waals surface area (Å²) < 4.78 is 10.2. The van der Waals surface area contributed by atoms with Crippen LogP contribution in [0.15, 0.2) is 10.7 Å². The van der Waals surface area contributed by atoms with Crippen LogP contribution in [0.3, 0.4) is 0 Å². The van der Waals surface area contributed by atoms with Gasteiger partial charge in [-0.1, -0.05) is 0 Å². The van der Waals surface area contributed by atoms with Crippen molar-refractivity contribution in [3.05, 3.63) is 12.0 Å². The maximum Gasteiger partial charge on any atom is 0.395 e. The highest BCUT2D eigenvalue weighted by Crippen LogP contribution is 2.34. The number of hydrogen-bond donors (Lipinski definition) is 1. The van der Waals surface area contributed by atoms with Crippen molar-refractivity contribution in [2.45, 2.75) is 31.3 Å². The molecule has 1 heterocycles. The third-order valence-corrected chi connectivity index (χ3v) is 2.68. The van der Waals surface area contributed by atoms with E-state index in [0.717, 1.165) is 19.1 Å². The molecule has 0 spiro atoms. The summed E-state index contributed by atoms with van der Waals surface area (Å²) in [5.74, 6) is -1.01. The highest BCUT2D eigenvalue weighted by atomic mass is 16.6. The predicted octanol–water partition coefficient (Wildman–Crippen LogP) is 1.32. The van der Waals surface area contributed by atoms with Crippen molar-refractivity contribution in [2.24, 2.45) is 0 Å². The van der Waals surface area contributed by atoms with Crippen LogP contribution < -0.4 is 4.74 Å². The minimum atomic E-state index is -1.24. The van der Waals surface area contributed by atoms with Crippen LogP contribution in [0.5, 0.6) is 6.08 Å². The second-order valence-electron chi connectivity index (χ2n) is 3.72. The van der Waals surface area contributed by atoms with E-state index < -0.39 is 11.6 Å². The molecule has 0 aromatic carbocycles. The Morgan fingerprint density at radius 1 is 1.62 bits per heavy atom. The van der Waals surface area contributed by atoms with Crippen LogP contribution in [0, 0.1) is 11.3 Å². The second kappa shape index (κ2) is 3.85. The molecule has 0 saturated heterocycles. The van der Waals surface area contributed by atoms with E-state index in [2.05, 4.69) is 4.98 Å². The first-order valence-corrected chi connectivity index (χ1v) is 4.94. The molecule has 84 valence electrons. The number of hydrogen-bond acceptors (Lipinski definition) is 5. The average molecular weight is 222 g/mol. The minimum absolute atomic E-state index is 0.0773. The van der Waals surface area contributed by atoms with E-state index in [4.69, 9.17) is 19.5 Å². The first kappa shape index (κ1) is 10.5. The summed E-state index contributed by atoms with van der Waals surface area (Å²) in [4.78, 5) is 14.9. The number of aliphatic carboxylic acids is 1. The lowest BCUT2D eigenvalue weighted by atomic mass is 10.0. The van der Waals surface area contributed by atoms with Gasteiger partial charge in [-0.3, -0.25) is 0 Å². The number of carbonyl (C=O) groups is 1. The smallest absolute Gasteiger partial charge is 0.395 e. The molecule has 0 aliphatic heterocycles. The van der Waals surface area contributed by atoms with E-state index in [1.807, 2.05) is 0 Å². The Balaban J connectivity index is 2.18. The fourth-order valence-corrected chi connectivity index (χ4v) is 1.83. The summed E-state index contributed by atoms with van der Waals surface area (Å²) in [5.41, 5.74) is -1.16. The molecule has 6 heteroatoms. The molecule has 2 rings (SSSR count). The summed E-state index contributed by atoms with van der Waals surface area (Å²) in [6.45, 7) is 0. The molecule has 0 radical (unpaired) electrons. The molecule has 1 aromatic heterocycles. The van der Waals surface area contributed by atoms with E-state index in [1.165, 1.54) is 0 Å². The molecular formula is C10H10N2O4. The number of carboxylic acid groups (broad SMARTS) is 1. The molecule has 0 bridgehead atoms. The first-order chi connectivity index (χ1) is 7.66. The van der Waals surface area contributed by atoms with Gasteiger partial charge in [-0.2, -0.15) is 10.2 Å². The summed E-state index contributed by atoms with van der Waals surface area (Å²) in [7, 11) is 0. The van der Waals surface area contributed by atoms with Gasteiger partial charge >= 0.3 is 12.0 Å². The quantitative estimate of drug-likeness (QED) is 0.828. The molecule has 6 nitrogen and oxygen atoms in total. The molecular weight excluding hydrogens is 212 g/mol. The van der Waals surface area contributed by atoms with Crippen molar-refractivity contribution in [2.75, 3.05) is 0 Å². The van der Waals surface area contributed by atoms with Crippen LogP contribution in [-0.2, 0) is 4.79 Å². The van der Waals surface area contributed by atoms with E-state index >= 15 is 0 Å². The van der Waals surface area contributed by atoms with Crippen LogP contribution in [0.25, 0.3) is 0 Å². The Kier molecular flexibility index (Phi) is 2.52. The molecule has 1 saturated carbocycles. The van der Waals surface area contributed by atoms with Gasteiger partial charge < -0.3 is 14.3 Å². The molecule has 1 aromatic rings. The summed E-state index contributed by atoms with van der Waals surface area (Å²) >= 11 is 0. The minimum Gasteiger partial charge on any atom is -0.478 e. The largest absolute Gasteiger partial charge is 0.478 e. The summed E-state index contributed by atoms with van der Waals surface area (Å²) in [6, 6.07) is 1.78. The van der Waals surface area contributed by atoms with Crippen molar-refractivity contribution in [1.29, 1.82) is 5.26 Å². The lowest BCUT2D eigenvalue weighted by molar-refractivity contribution is -0.156. The molecule has 1 aliphatic rings. The zero-order valence-electron chi connectivity index (χ0n) is 8.47. The SMILES string of the molecule is N#Cc1coc(OC2(C(=O)O)CCCC2)n1. The van der Waals surface area contributed by atoms with Gasteiger partial charge in [-0.05, 0) is 25.7 Å². The molecule has 1 fully saturated rings. The summed E-state index contributed by atoms with van der Waals surface area (Å²) in [5, 5.41) is 17.7. The van der Waals surface area contributed by atoms with Gasteiger partial charge in [0.15, 0.2) is 5.69 Å². The van der Waals surface area contributed by atoms with Crippen LogP contribution in [-0.4, -0.2) is 21.7 Å². The van der Waals surface area contributed by atoms with Crippen molar-refractivity contribution >= 4 is 5.97 Å². The zero-order valence-corrected chi connectivity index (χ0v) is 8.47. The lowest BCUT2D eigenvalue weighted by Crippen LogP contribution is -2.41. The van der Waals surface area contributed by atoms with Gasteiger partial charge in [0.2, 0.25) is 5.60 Å². The normalized spacial score (nSPS) is 17.9. The van der Waals surface area contributed by atoms with Crippen molar-refractivity contribution in [1.82, 2.24) is 4.98 Å². The predicted molar refractivity (Wildman–Crippen MR) is 50.7 cm³/mol. The Morgan fingerprint density at radius 3 is 2.81 bits per heavy atom. The van der Waals surface area contributed by atoms with Gasteiger partial charge in [-0.15, -0.1) is 0 Å². The first-order valence-electron chi connectivity index (χ1n) is 4.94. The Morgan fingerprint density at radius 2 is 2.31 bits per heavy atom. The molecule has 0 atom stereocenters. The van der Waals surface area contributed by atoms with Gasteiger partial charge in [0, 0.05) is 0 Å². The standard InChI is InChI=1S/C10H10N2O4/c11-5-7-6-15-9(12-7)16-10(8(13)14)3-1-2-4-10/h6H,1-4H2,(H,13,14). The second-order valence-corrected chi connectivity index (χ2v) is 3.72. The average Bonchev–Trinajstić information content (AvgIpc) is 2.88. The molecule has 1 N–H and O–H groups in total. The maximum atomic E-state index is 11.1.